The standard InChI is InChI=1S/C15H32N4/c1-15(2,19-10-6-17-7-11-19)12-14(16)13-4-8-18(3)9-5-13/h13-14,17H,4-12,16H2,1-3H3. The van der Waals surface area contributed by atoms with E-state index in [4.69, 9.17) is 5.73 Å². The normalized spacial score (nSPS) is 26.5. The number of nitrogens with one attached hydrogen (secondary N) is 1. The minimum absolute atomic E-state index is 0.241. The van der Waals surface area contributed by atoms with Crippen LogP contribution in [-0.2, 0) is 0 Å². The van der Waals surface area contributed by atoms with Crippen LogP contribution in [0.1, 0.15) is 33.1 Å². The molecule has 4 heteroatoms. The van der Waals surface area contributed by atoms with E-state index >= 15 is 0 Å². The number of piperidine rings is 1. The highest BCUT2D eigenvalue weighted by molar-refractivity contribution is 4.91. The van der Waals surface area contributed by atoms with E-state index in [1.54, 1.807) is 0 Å². The van der Waals surface area contributed by atoms with E-state index in [0.717, 1.165) is 38.5 Å². The fraction of sp³-hybridized carbons (Fsp3) is 1.00. The Morgan fingerprint density at radius 3 is 2.32 bits per heavy atom. The Hall–Kier alpha value is -0.160. The van der Waals surface area contributed by atoms with Crippen LogP contribution in [0, 0.1) is 5.92 Å². The minimum atomic E-state index is 0.241. The van der Waals surface area contributed by atoms with Gasteiger partial charge in [-0.1, -0.05) is 0 Å². The summed E-state index contributed by atoms with van der Waals surface area (Å²) in [5, 5.41) is 3.43. The Labute approximate surface area is 118 Å². The molecule has 0 bridgehead atoms. The SMILES string of the molecule is CN1CCC(C(N)CC(C)(C)N2CCNCC2)CC1. The second-order valence-corrected chi connectivity index (χ2v) is 7.06. The van der Waals surface area contributed by atoms with E-state index in [2.05, 4.69) is 36.0 Å². The molecule has 2 fully saturated rings. The third-order valence-electron chi connectivity index (χ3n) is 5.08. The van der Waals surface area contributed by atoms with Gasteiger partial charge in [-0.25, -0.2) is 0 Å². The van der Waals surface area contributed by atoms with E-state index in [0.29, 0.717) is 6.04 Å². The van der Waals surface area contributed by atoms with Crippen LogP contribution < -0.4 is 11.1 Å². The molecule has 2 aliphatic heterocycles. The second kappa shape index (κ2) is 6.53. The smallest absolute Gasteiger partial charge is 0.0169 e. The van der Waals surface area contributed by atoms with Gasteiger partial charge in [-0.05, 0) is 59.2 Å². The number of nitrogens with two attached hydrogens (primary N) is 1. The highest BCUT2D eigenvalue weighted by Crippen LogP contribution is 2.27. The molecule has 0 amide bonds. The van der Waals surface area contributed by atoms with Crippen LogP contribution in [-0.4, -0.2) is 67.7 Å². The molecule has 0 spiro atoms. The molecule has 1 atom stereocenters. The molecule has 0 aliphatic carbocycles. The van der Waals surface area contributed by atoms with E-state index < -0.39 is 0 Å². The fourth-order valence-corrected chi connectivity index (χ4v) is 3.60. The van der Waals surface area contributed by atoms with Gasteiger partial charge in [-0.15, -0.1) is 0 Å². The molecule has 2 saturated heterocycles. The molecule has 1 unspecified atom stereocenters. The van der Waals surface area contributed by atoms with Gasteiger partial charge in [-0.2, -0.15) is 0 Å². The summed E-state index contributed by atoms with van der Waals surface area (Å²) in [6.45, 7) is 11.7. The molecule has 19 heavy (non-hydrogen) atoms. The number of likely N-dealkylation sites (tertiary alicyclic amines) is 1. The lowest BCUT2D eigenvalue weighted by atomic mass is 9.82. The van der Waals surface area contributed by atoms with Crippen LogP contribution in [0.5, 0.6) is 0 Å². The van der Waals surface area contributed by atoms with Gasteiger partial charge in [0.2, 0.25) is 0 Å². The van der Waals surface area contributed by atoms with Crippen LogP contribution in [0.15, 0.2) is 0 Å². The van der Waals surface area contributed by atoms with Crippen molar-refractivity contribution in [1.29, 1.82) is 0 Å². The predicted molar refractivity (Wildman–Crippen MR) is 81.3 cm³/mol. The summed E-state index contributed by atoms with van der Waals surface area (Å²) in [6.07, 6.45) is 3.67. The monoisotopic (exact) mass is 268 g/mol. The summed E-state index contributed by atoms with van der Waals surface area (Å²) in [6, 6.07) is 0.360. The number of rotatable bonds is 4. The first-order chi connectivity index (χ1) is 8.99. The summed E-state index contributed by atoms with van der Waals surface area (Å²) in [5.74, 6) is 0.721. The zero-order valence-electron chi connectivity index (χ0n) is 13.0. The lowest BCUT2D eigenvalue weighted by Gasteiger charge is -2.44. The number of hydrogen-bond acceptors (Lipinski definition) is 4. The fourth-order valence-electron chi connectivity index (χ4n) is 3.60. The molecule has 0 aromatic heterocycles. The van der Waals surface area contributed by atoms with E-state index in [9.17, 15) is 0 Å². The Bertz CT molecular complexity index is 265. The average molecular weight is 268 g/mol. The lowest BCUT2D eigenvalue weighted by molar-refractivity contribution is 0.0760. The minimum Gasteiger partial charge on any atom is -0.327 e. The van der Waals surface area contributed by atoms with E-state index in [1.165, 1.54) is 25.9 Å². The third-order valence-corrected chi connectivity index (χ3v) is 5.08. The number of nitrogens with zero attached hydrogens (tertiary/aromatic N) is 2. The molecule has 0 radical (unpaired) electrons. The van der Waals surface area contributed by atoms with Gasteiger partial charge in [0.1, 0.15) is 0 Å². The van der Waals surface area contributed by atoms with Crippen LogP contribution in [0.4, 0.5) is 0 Å². The molecule has 4 nitrogen and oxygen atoms in total. The van der Waals surface area contributed by atoms with Gasteiger partial charge >= 0.3 is 0 Å². The maximum absolute atomic E-state index is 6.53. The van der Waals surface area contributed by atoms with Gasteiger partial charge in [0.25, 0.3) is 0 Å². The summed E-state index contributed by atoms with van der Waals surface area (Å²) < 4.78 is 0. The van der Waals surface area contributed by atoms with E-state index in [1.807, 2.05) is 0 Å². The van der Waals surface area contributed by atoms with Gasteiger partial charge in [0.15, 0.2) is 0 Å². The summed E-state index contributed by atoms with van der Waals surface area (Å²) in [4.78, 5) is 5.03. The van der Waals surface area contributed by atoms with Crippen LogP contribution >= 0.6 is 0 Å². The van der Waals surface area contributed by atoms with Crippen molar-refractivity contribution >= 4 is 0 Å². The average Bonchev–Trinajstić information content (AvgIpc) is 2.40. The molecular formula is C15H32N4. The molecular weight excluding hydrogens is 236 g/mol. The predicted octanol–water partition coefficient (Wildman–Crippen LogP) is 0.729. The highest BCUT2D eigenvalue weighted by atomic mass is 15.2. The van der Waals surface area contributed by atoms with Crippen molar-refractivity contribution in [3.8, 4) is 0 Å². The largest absolute Gasteiger partial charge is 0.327 e. The Morgan fingerprint density at radius 1 is 1.16 bits per heavy atom. The second-order valence-electron chi connectivity index (χ2n) is 7.06. The zero-order valence-corrected chi connectivity index (χ0v) is 13.0. The van der Waals surface area contributed by atoms with Crippen molar-refractivity contribution in [3.05, 3.63) is 0 Å². The van der Waals surface area contributed by atoms with Crippen molar-refractivity contribution in [3.63, 3.8) is 0 Å². The quantitative estimate of drug-likeness (QED) is 0.789. The topological polar surface area (TPSA) is 44.5 Å². The zero-order chi connectivity index (χ0) is 13.9. The molecule has 2 aliphatic rings. The van der Waals surface area contributed by atoms with Crippen LogP contribution in [0.2, 0.25) is 0 Å². The number of piperazine rings is 1. The molecule has 0 saturated carbocycles. The molecule has 2 heterocycles. The maximum Gasteiger partial charge on any atom is 0.0169 e. The van der Waals surface area contributed by atoms with Crippen LogP contribution in [0.25, 0.3) is 0 Å². The molecule has 0 aromatic carbocycles. The lowest BCUT2D eigenvalue weighted by Crippen LogP contribution is -2.56. The van der Waals surface area contributed by atoms with Crippen LogP contribution in [0.3, 0.4) is 0 Å². The van der Waals surface area contributed by atoms with Crippen molar-refractivity contribution in [2.45, 2.75) is 44.7 Å². The summed E-state index contributed by atoms with van der Waals surface area (Å²) >= 11 is 0. The maximum atomic E-state index is 6.53. The Morgan fingerprint density at radius 2 is 1.74 bits per heavy atom. The Balaban J connectivity index is 1.84. The van der Waals surface area contributed by atoms with Gasteiger partial charge in [0, 0.05) is 37.8 Å². The van der Waals surface area contributed by atoms with Gasteiger partial charge in [0.05, 0.1) is 0 Å². The van der Waals surface area contributed by atoms with Crippen molar-refractivity contribution in [1.82, 2.24) is 15.1 Å². The number of hydrogen-bond donors (Lipinski definition) is 2. The van der Waals surface area contributed by atoms with Gasteiger partial charge in [-0.3, -0.25) is 4.90 Å². The van der Waals surface area contributed by atoms with Crippen molar-refractivity contribution in [2.24, 2.45) is 11.7 Å². The molecule has 2 rings (SSSR count). The first-order valence-corrected chi connectivity index (χ1v) is 7.89. The van der Waals surface area contributed by atoms with Crippen molar-refractivity contribution in [2.75, 3.05) is 46.3 Å². The summed E-state index contributed by atoms with van der Waals surface area (Å²) in [5.41, 5.74) is 6.77. The molecule has 0 aromatic rings. The van der Waals surface area contributed by atoms with E-state index in [-0.39, 0.29) is 5.54 Å². The van der Waals surface area contributed by atoms with Gasteiger partial charge < -0.3 is 16.0 Å². The molecule has 3 N–H and O–H groups in total. The highest BCUT2D eigenvalue weighted by Gasteiger charge is 2.33. The third kappa shape index (κ3) is 4.15. The van der Waals surface area contributed by atoms with Crippen molar-refractivity contribution < 1.29 is 0 Å². The Kier molecular flexibility index (Phi) is 5.23. The molecule has 112 valence electrons. The first-order valence-electron chi connectivity index (χ1n) is 7.89. The summed E-state index contributed by atoms with van der Waals surface area (Å²) in [7, 11) is 2.21. The first kappa shape index (κ1) is 15.2.